The molecule has 2 rings (SSSR count). The molecule has 0 bridgehead atoms. The van der Waals surface area contributed by atoms with Gasteiger partial charge in [0, 0.05) is 0 Å². The van der Waals surface area contributed by atoms with E-state index in [1.165, 1.54) is 6.92 Å². The van der Waals surface area contributed by atoms with Gasteiger partial charge in [-0.25, -0.2) is 0 Å². The van der Waals surface area contributed by atoms with Gasteiger partial charge in [-0.2, -0.15) is 0 Å². The van der Waals surface area contributed by atoms with Gasteiger partial charge in [0.2, 0.25) is 0 Å². The minimum absolute atomic E-state index is 0. The van der Waals surface area contributed by atoms with E-state index in [1.807, 2.05) is 0 Å². The maximum absolute atomic E-state index is 11.7. The molecule has 0 amide bonds. The molecule has 2 unspecified atom stereocenters. The van der Waals surface area contributed by atoms with Gasteiger partial charge in [-0.3, -0.25) is 0 Å². The van der Waals surface area contributed by atoms with Crippen molar-refractivity contribution < 1.29 is 19.9 Å². The highest BCUT2D eigenvalue weighted by atomic mass is 31.1. The molecular formula is C11H21BO4P+. The van der Waals surface area contributed by atoms with Gasteiger partial charge in [0.25, 0.3) is 5.85 Å². The van der Waals surface area contributed by atoms with Crippen molar-refractivity contribution >= 4 is 15.6 Å². The normalized spacial score (nSPS) is 50.2. The van der Waals surface area contributed by atoms with Crippen LogP contribution in [0.1, 0.15) is 27.7 Å². The standard InChI is InChI=1S/C10H17BO4P.CH4/c1-3-16(15)8(13)10-4-5(10)6(11)9(2,14)7(10)12;/h5-8,12-14H,3-4H2,1-2H3;1H4/q+1;/t5-,6-,7+,8+,9+,10?;/m1./s1. The third-order valence-corrected chi connectivity index (χ3v) is 5.99. The van der Waals surface area contributed by atoms with Crippen LogP contribution in [0.2, 0.25) is 5.82 Å². The van der Waals surface area contributed by atoms with Crippen molar-refractivity contribution in [3.63, 3.8) is 0 Å². The number of fused-ring (bicyclic) bond motifs is 1. The summed E-state index contributed by atoms with van der Waals surface area (Å²) in [5.74, 6) is -1.75. The van der Waals surface area contributed by atoms with Gasteiger partial charge in [-0.05, 0) is 32.0 Å². The van der Waals surface area contributed by atoms with Gasteiger partial charge in [-0.1, -0.05) is 12.0 Å². The van der Waals surface area contributed by atoms with E-state index >= 15 is 0 Å². The van der Waals surface area contributed by atoms with E-state index in [2.05, 4.69) is 0 Å². The number of rotatable bonds is 3. The first kappa shape index (κ1) is 15.1. The van der Waals surface area contributed by atoms with Gasteiger partial charge in [0.05, 0.1) is 25.0 Å². The topological polar surface area (TPSA) is 77.8 Å². The number of aliphatic hydroxyl groups excluding tert-OH is 2. The zero-order valence-corrected chi connectivity index (χ0v) is 10.4. The van der Waals surface area contributed by atoms with Crippen molar-refractivity contribution in [2.45, 2.75) is 51.1 Å². The van der Waals surface area contributed by atoms with Crippen LogP contribution in [0.5, 0.6) is 0 Å². The smallest absolute Gasteiger partial charge is 0.370 e. The SMILES string of the molecule is C.[B][C@@H]1[C@H]2CC2([C@@H](O)[P+](=O)CC)[C@@H](O)[C@@]1(C)O. The molecule has 0 aromatic rings. The minimum atomic E-state index is -1.77. The maximum atomic E-state index is 11.7. The van der Waals surface area contributed by atoms with Crippen molar-refractivity contribution in [3.05, 3.63) is 0 Å². The molecule has 0 spiro atoms. The molecule has 2 radical (unpaired) electrons. The fourth-order valence-corrected chi connectivity index (χ4v) is 4.43. The van der Waals surface area contributed by atoms with Gasteiger partial charge in [0.15, 0.2) is 0 Å². The molecule has 2 aliphatic carbocycles. The van der Waals surface area contributed by atoms with Crippen LogP contribution in [-0.2, 0) is 4.57 Å². The van der Waals surface area contributed by atoms with Crippen molar-refractivity contribution in [2.24, 2.45) is 11.3 Å². The molecule has 0 aromatic heterocycles. The molecule has 2 fully saturated rings. The van der Waals surface area contributed by atoms with Crippen LogP contribution < -0.4 is 0 Å². The Labute approximate surface area is 105 Å². The lowest BCUT2D eigenvalue weighted by Gasteiger charge is -2.32. The second kappa shape index (κ2) is 4.31. The first-order chi connectivity index (χ1) is 7.30. The predicted molar refractivity (Wildman–Crippen MR) is 67.6 cm³/mol. The van der Waals surface area contributed by atoms with Crippen LogP contribution in [-0.4, -0.2) is 46.9 Å². The Morgan fingerprint density at radius 2 is 2.12 bits per heavy atom. The summed E-state index contributed by atoms with van der Waals surface area (Å²) in [6.45, 7) is 3.21. The molecule has 0 aliphatic heterocycles. The molecule has 3 N–H and O–H groups in total. The minimum Gasteiger partial charge on any atom is -0.389 e. The molecule has 17 heavy (non-hydrogen) atoms. The monoisotopic (exact) mass is 259 g/mol. The van der Waals surface area contributed by atoms with Crippen molar-refractivity contribution in [3.8, 4) is 0 Å². The molecule has 4 nitrogen and oxygen atoms in total. The van der Waals surface area contributed by atoms with E-state index in [-0.39, 0.29) is 13.3 Å². The first-order valence-electron chi connectivity index (χ1n) is 5.58. The summed E-state index contributed by atoms with van der Waals surface area (Å²) in [5, 5.41) is 30.1. The summed E-state index contributed by atoms with van der Waals surface area (Å²) in [4.78, 5) is 0. The van der Waals surface area contributed by atoms with E-state index in [0.717, 1.165) is 0 Å². The van der Waals surface area contributed by atoms with Crippen LogP contribution in [0, 0.1) is 11.3 Å². The molecular weight excluding hydrogens is 238 g/mol. The molecule has 7 atom stereocenters. The Morgan fingerprint density at radius 1 is 1.59 bits per heavy atom. The Kier molecular flexibility index (Phi) is 3.82. The Bertz CT molecular complexity index is 335. The van der Waals surface area contributed by atoms with Gasteiger partial charge >= 0.3 is 7.80 Å². The molecule has 0 heterocycles. The van der Waals surface area contributed by atoms with E-state index in [1.54, 1.807) is 6.92 Å². The van der Waals surface area contributed by atoms with E-state index < -0.39 is 36.6 Å². The number of aliphatic hydroxyl groups is 3. The molecule has 96 valence electrons. The lowest BCUT2D eigenvalue weighted by atomic mass is 9.72. The molecule has 2 saturated carbocycles. The third-order valence-electron chi connectivity index (χ3n) is 4.34. The summed E-state index contributed by atoms with van der Waals surface area (Å²) >= 11 is 0. The van der Waals surface area contributed by atoms with Crippen molar-refractivity contribution in [1.82, 2.24) is 0 Å². The lowest BCUT2D eigenvalue weighted by molar-refractivity contribution is -0.0866. The lowest BCUT2D eigenvalue weighted by Crippen LogP contribution is -2.46. The third kappa shape index (κ3) is 1.71. The number of hydrogen-bond donors (Lipinski definition) is 3. The fraction of sp³-hybridized carbons (Fsp3) is 1.00. The van der Waals surface area contributed by atoms with Crippen LogP contribution >= 0.6 is 7.80 Å². The molecule has 0 aromatic carbocycles. The second-order valence-corrected chi connectivity index (χ2v) is 7.14. The summed E-state index contributed by atoms with van der Waals surface area (Å²) in [6.07, 6.45) is -0.177. The largest absolute Gasteiger partial charge is 0.389 e. The first-order valence-corrected chi connectivity index (χ1v) is 7.09. The summed E-state index contributed by atoms with van der Waals surface area (Å²) in [7, 11) is 4.07. The Morgan fingerprint density at radius 3 is 2.47 bits per heavy atom. The summed E-state index contributed by atoms with van der Waals surface area (Å²) in [5.41, 5.74) is -2.24. The summed E-state index contributed by atoms with van der Waals surface area (Å²) < 4.78 is 11.7. The van der Waals surface area contributed by atoms with E-state index in [0.29, 0.717) is 12.6 Å². The quantitative estimate of drug-likeness (QED) is 0.519. The van der Waals surface area contributed by atoms with Gasteiger partial charge in [0.1, 0.15) is 6.16 Å². The fourth-order valence-electron chi connectivity index (χ4n) is 3.11. The highest BCUT2D eigenvalue weighted by Gasteiger charge is 2.79. The average molecular weight is 259 g/mol. The Hall–Kier alpha value is 0.0449. The zero-order chi connectivity index (χ0) is 12.3. The van der Waals surface area contributed by atoms with Crippen LogP contribution in [0.25, 0.3) is 0 Å². The second-order valence-electron chi connectivity index (χ2n) is 5.18. The average Bonchev–Trinajstić information content (AvgIpc) is 2.97. The van der Waals surface area contributed by atoms with Gasteiger partial charge in [-0.15, -0.1) is 0 Å². The zero-order valence-electron chi connectivity index (χ0n) is 9.50. The van der Waals surface area contributed by atoms with Gasteiger partial charge < -0.3 is 15.3 Å². The Balaban J connectivity index is 0.00000144. The predicted octanol–water partition coefficient (Wildman–Crippen LogP) is 0.877. The van der Waals surface area contributed by atoms with Crippen LogP contribution in [0.3, 0.4) is 0 Å². The van der Waals surface area contributed by atoms with E-state index in [4.69, 9.17) is 7.85 Å². The molecule has 6 heteroatoms. The van der Waals surface area contributed by atoms with Crippen LogP contribution in [0.15, 0.2) is 0 Å². The number of hydrogen-bond acceptors (Lipinski definition) is 4. The highest BCUT2D eigenvalue weighted by molar-refractivity contribution is 7.45. The maximum Gasteiger partial charge on any atom is 0.370 e. The van der Waals surface area contributed by atoms with Crippen molar-refractivity contribution in [2.75, 3.05) is 6.16 Å². The van der Waals surface area contributed by atoms with Crippen LogP contribution in [0.4, 0.5) is 0 Å². The highest BCUT2D eigenvalue weighted by Crippen LogP contribution is 2.74. The molecule has 2 aliphatic rings. The molecule has 0 saturated heterocycles. The van der Waals surface area contributed by atoms with E-state index in [9.17, 15) is 19.9 Å². The summed E-state index contributed by atoms with van der Waals surface area (Å²) in [6, 6.07) is 0. The van der Waals surface area contributed by atoms with Crippen molar-refractivity contribution in [1.29, 1.82) is 0 Å².